The van der Waals surface area contributed by atoms with Crippen molar-refractivity contribution in [1.29, 1.82) is 0 Å². The molecule has 7 nitrogen and oxygen atoms in total. The second kappa shape index (κ2) is 6.17. The monoisotopic (exact) mass is 318 g/mol. The molecule has 0 radical (unpaired) electrons. The third-order valence-electron chi connectivity index (χ3n) is 3.25. The molecule has 0 aliphatic heterocycles. The van der Waals surface area contributed by atoms with Gasteiger partial charge in [-0.2, -0.15) is 0 Å². The van der Waals surface area contributed by atoms with Gasteiger partial charge in [-0.25, -0.2) is 9.97 Å². The first-order valence-corrected chi connectivity index (χ1v) is 7.14. The Morgan fingerprint density at radius 2 is 2.32 bits per heavy atom. The van der Waals surface area contributed by atoms with Gasteiger partial charge < -0.3 is 21.0 Å². The molecule has 114 valence electrons. The Hall–Kier alpha value is -2.38. The molecule has 3 rings (SSSR count). The number of nitrogens with zero attached hydrogens (tertiary/aromatic N) is 2. The number of hydrogen-bond acceptors (Lipinski definition) is 4. The molecule has 0 fully saturated rings. The number of benzene rings is 1. The highest BCUT2D eigenvalue weighted by atomic mass is 35.5. The van der Waals surface area contributed by atoms with Crippen molar-refractivity contribution in [3.05, 3.63) is 47.3 Å². The molecule has 22 heavy (non-hydrogen) atoms. The fourth-order valence-corrected chi connectivity index (χ4v) is 2.32. The number of hydrogen-bond donors (Lipinski definition) is 4. The van der Waals surface area contributed by atoms with Crippen LogP contribution in [-0.2, 0) is 17.8 Å². The van der Waals surface area contributed by atoms with Crippen LogP contribution in [0.25, 0.3) is 11.0 Å². The number of fused-ring (bicyclic) bond motifs is 1. The maximum atomic E-state index is 12.0. The number of H-pyrrole nitrogens is 2. The summed E-state index contributed by atoms with van der Waals surface area (Å²) in [6.45, 7) is 0.280. The van der Waals surface area contributed by atoms with E-state index in [9.17, 15) is 4.79 Å². The van der Waals surface area contributed by atoms with Crippen LogP contribution in [0, 0.1) is 0 Å². The topological polar surface area (TPSA) is 112 Å². The summed E-state index contributed by atoms with van der Waals surface area (Å²) in [7, 11) is 0. The first-order chi connectivity index (χ1) is 10.6. The summed E-state index contributed by atoms with van der Waals surface area (Å²) in [5.41, 5.74) is 8.31. The highest BCUT2D eigenvalue weighted by Crippen LogP contribution is 2.17. The summed E-state index contributed by atoms with van der Waals surface area (Å²) in [5.74, 6) is 0.410. The highest BCUT2D eigenvalue weighted by Gasteiger charge is 2.15. The third-order valence-corrected chi connectivity index (χ3v) is 3.49. The first kappa shape index (κ1) is 14.6. The predicted octanol–water partition coefficient (Wildman–Crippen LogP) is 1.13. The number of nitrogens with one attached hydrogen (secondary N) is 3. The van der Waals surface area contributed by atoms with Gasteiger partial charge in [0.05, 0.1) is 29.9 Å². The molecule has 5 N–H and O–H groups in total. The van der Waals surface area contributed by atoms with Gasteiger partial charge in [-0.1, -0.05) is 11.6 Å². The van der Waals surface area contributed by atoms with E-state index in [1.807, 2.05) is 6.07 Å². The molecule has 0 saturated heterocycles. The van der Waals surface area contributed by atoms with Crippen molar-refractivity contribution in [2.24, 2.45) is 5.73 Å². The Morgan fingerprint density at radius 3 is 3.09 bits per heavy atom. The lowest BCUT2D eigenvalue weighted by Gasteiger charge is -2.10. The molecule has 2 heterocycles. The molecular weight excluding hydrogens is 304 g/mol. The zero-order valence-corrected chi connectivity index (χ0v) is 12.4. The van der Waals surface area contributed by atoms with Crippen molar-refractivity contribution in [2.75, 3.05) is 0 Å². The Kier molecular flexibility index (Phi) is 4.08. The number of carbonyl (C=O) groups excluding carboxylic acids is 1. The first-order valence-electron chi connectivity index (χ1n) is 6.76. The van der Waals surface area contributed by atoms with Crippen molar-refractivity contribution in [3.63, 3.8) is 0 Å². The standard InChI is InChI=1S/C14H15ClN6O/c15-8-1-2-11-12(3-8)21-13(20-11)6-18-14(22)10(16)4-9-5-17-7-19-9/h1-3,5,7,10H,4,6,16H2,(H,17,19)(H,18,22)(H,20,21)/t10-/m0/s1. The fraction of sp³-hybridized carbons (Fsp3) is 0.214. The molecule has 0 saturated carbocycles. The van der Waals surface area contributed by atoms with Crippen LogP contribution in [-0.4, -0.2) is 31.9 Å². The number of halogens is 1. The van der Waals surface area contributed by atoms with Crippen molar-refractivity contribution >= 4 is 28.5 Å². The van der Waals surface area contributed by atoms with Crippen LogP contribution in [0.5, 0.6) is 0 Å². The van der Waals surface area contributed by atoms with Gasteiger partial charge in [-0.3, -0.25) is 4.79 Å². The largest absolute Gasteiger partial charge is 0.348 e. The number of rotatable bonds is 5. The zero-order valence-electron chi connectivity index (χ0n) is 11.6. The van der Waals surface area contributed by atoms with Crippen LogP contribution < -0.4 is 11.1 Å². The normalized spacial score (nSPS) is 12.5. The van der Waals surface area contributed by atoms with Gasteiger partial charge in [0.25, 0.3) is 0 Å². The van der Waals surface area contributed by atoms with E-state index in [0.717, 1.165) is 16.7 Å². The summed E-state index contributed by atoms with van der Waals surface area (Å²) in [4.78, 5) is 26.3. The lowest BCUT2D eigenvalue weighted by molar-refractivity contribution is -0.122. The van der Waals surface area contributed by atoms with E-state index in [4.69, 9.17) is 17.3 Å². The van der Waals surface area contributed by atoms with E-state index in [2.05, 4.69) is 25.3 Å². The minimum Gasteiger partial charge on any atom is -0.348 e. The second-order valence-electron chi connectivity index (χ2n) is 4.95. The van der Waals surface area contributed by atoms with Crippen LogP contribution in [0.1, 0.15) is 11.5 Å². The third kappa shape index (κ3) is 3.26. The Morgan fingerprint density at radius 1 is 1.45 bits per heavy atom. The number of imidazole rings is 2. The lowest BCUT2D eigenvalue weighted by Crippen LogP contribution is -2.41. The number of aromatic amines is 2. The molecule has 0 spiro atoms. The molecule has 1 amide bonds. The molecule has 0 bridgehead atoms. The van der Waals surface area contributed by atoms with Crippen molar-refractivity contribution in [3.8, 4) is 0 Å². The predicted molar refractivity (Wildman–Crippen MR) is 83.2 cm³/mol. The fourth-order valence-electron chi connectivity index (χ4n) is 2.15. The van der Waals surface area contributed by atoms with Crippen LogP contribution in [0.15, 0.2) is 30.7 Å². The Bertz CT molecular complexity index is 782. The molecule has 3 aromatic rings. The minimum atomic E-state index is -0.640. The number of aromatic nitrogens is 4. The Labute approximate surface area is 131 Å². The lowest BCUT2D eigenvalue weighted by atomic mass is 10.1. The van der Waals surface area contributed by atoms with Gasteiger partial charge >= 0.3 is 0 Å². The van der Waals surface area contributed by atoms with Crippen molar-refractivity contribution < 1.29 is 4.79 Å². The molecule has 0 unspecified atom stereocenters. The maximum Gasteiger partial charge on any atom is 0.237 e. The van der Waals surface area contributed by atoms with Gasteiger partial charge in [0.1, 0.15) is 5.82 Å². The van der Waals surface area contributed by atoms with Gasteiger partial charge in [0.15, 0.2) is 0 Å². The SMILES string of the molecule is N[C@@H](Cc1cnc[nH]1)C(=O)NCc1nc2ccc(Cl)cc2[nH]1. The van der Waals surface area contributed by atoms with Crippen LogP contribution >= 0.6 is 11.6 Å². The number of amides is 1. The second-order valence-corrected chi connectivity index (χ2v) is 5.39. The molecular formula is C14H15ClN6O. The summed E-state index contributed by atoms with van der Waals surface area (Å²) in [5, 5.41) is 3.39. The van der Waals surface area contributed by atoms with E-state index < -0.39 is 6.04 Å². The van der Waals surface area contributed by atoms with E-state index in [0.29, 0.717) is 17.3 Å². The smallest absolute Gasteiger partial charge is 0.237 e. The Balaban J connectivity index is 1.59. The van der Waals surface area contributed by atoms with Crippen molar-refractivity contribution in [1.82, 2.24) is 25.3 Å². The quantitative estimate of drug-likeness (QED) is 0.564. The number of nitrogens with two attached hydrogens (primary N) is 1. The van der Waals surface area contributed by atoms with Gasteiger partial charge in [-0.05, 0) is 18.2 Å². The van der Waals surface area contributed by atoms with Gasteiger partial charge in [0.2, 0.25) is 5.91 Å². The zero-order chi connectivity index (χ0) is 15.5. The summed E-state index contributed by atoms with van der Waals surface area (Å²) >= 11 is 5.92. The molecule has 1 aromatic carbocycles. The molecule has 8 heteroatoms. The average molecular weight is 319 g/mol. The number of carbonyl (C=O) groups is 1. The molecule has 0 aliphatic carbocycles. The van der Waals surface area contributed by atoms with Crippen LogP contribution in [0.2, 0.25) is 5.02 Å². The summed E-state index contributed by atoms with van der Waals surface area (Å²) in [6, 6.07) is 4.75. The van der Waals surface area contributed by atoms with Crippen LogP contribution in [0.4, 0.5) is 0 Å². The summed E-state index contributed by atoms with van der Waals surface area (Å²) in [6.07, 6.45) is 3.61. The van der Waals surface area contributed by atoms with E-state index in [-0.39, 0.29) is 12.5 Å². The van der Waals surface area contributed by atoms with E-state index in [1.54, 1.807) is 24.7 Å². The summed E-state index contributed by atoms with van der Waals surface area (Å²) < 4.78 is 0. The molecule has 0 aliphatic rings. The average Bonchev–Trinajstić information content (AvgIpc) is 3.13. The maximum absolute atomic E-state index is 12.0. The van der Waals surface area contributed by atoms with E-state index in [1.165, 1.54) is 0 Å². The van der Waals surface area contributed by atoms with Crippen LogP contribution in [0.3, 0.4) is 0 Å². The highest BCUT2D eigenvalue weighted by molar-refractivity contribution is 6.31. The minimum absolute atomic E-state index is 0.243. The molecule has 2 aromatic heterocycles. The van der Waals surface area contributed by atoms with Gasteiger partial charge in [-0.15, -0.1) is 0 Å². The van der Waals surface area contributed by atoms with Gasteiger partial charge in [0, 0.05) is 23.3 Å². The molecule has 1 atom stereocenters. The van der Waals surface area contributed by atoms with Crippen molar-refractivity contribution in [2.45, 2.75) is 19.0 Å². The van der Waals surface area contributed by atoms with E-state index >= 15 is 0 Å².